The van der Waals surface area contributed by atoms with E-state index in [1.807, 2.05) is 30.5 Å². The first kappa shape index (κ1) is 16.2. The first-order valence-corrected chi connectivity index (χ1v) is 8.14. The molecule has 0 bridgehead atoms. The van der Waals surface area contributed by atoms with Gasteiger partial charge in [0.2, 0.25) is 5.91 Å². The summed E-state index contributed by atoms with van der Waals surface area (Å²) in [6, 6.07) is 12.8. The van der Waals surface area contributed by atoms with Crippen molar-refractivity contribution in [3.63, 3.8) is 0 Å². The summed E-state index contributed by atoms with van der Waals surface area (Å²) >= 11 is 1.54. The highest BCUT2D eigenvalue weighted by molar-refractivity contribution is 7.10. The smallest absolute Gasteiger partial charge is 0.338 e. The third kappa shape index (κ3) is 4.70. The summed E-state index contributed by atoms with van der Waals surface area (Å²) in [5.74, 6) is -0.347. The van der Waals surface area contributed by atoms with Gasteiger partial charge in [-0.25, -0.2) is 4.79 Å². The molecule has 1 N–H and O–H groups in total. The molecule has 0 radical (unpaired) electrons. The van der Waals surface area contributed by atoms with Gasteiger partial charge in [-0.2, -0.15) is 0 Å². The van der Waals surface area contributed by atoms with Crippen molar-refractivity contribution in [1.29, 1.82) is 0 Å². The molecule has 1 aromatic carbocycles. The molecule has 0 spiro atoms. The number of carbonyl (C=O) groups excluding carboxylic acids is 2. The summed E-state index contributed by atoms with van der Waals surface area (Å²) in [5, 5.41) is 4.76. The Kier molecular flexibility index (Phi) is 6.15. The van der Waals surface area contributed by atoms with Crippen molar-refractivity contribution >= 4 is 23.2 Å². The van der Waals surface area contributed by atoms with Gasteiger partial charge in [0.1, 0.15) is 6.10 Å². The maximum absolute atomic E-state index is 12.2. The summed E-state index contributed by atoms with van der Waals surface area (Å²) in [5.41, 5.74) is 0.529. The molecule has 1 amide bonds. The molecule has 0 aliphatic rings. The predicted octanol–water partition coefficient (Wildman–Crippen LogP) is 3.56. The summed E-state index contributed by atoms with van der Waals surface area (Å²) in [7, 11) is 0. The van der Waals surface area contributed by atoms with E-state index in [0.29, 0.717) is 24.9 Å². The van der Waals surface area contributed by atoms with E-state index < -0.39 is 0 Å². The minimum absolute atomic E-state index is 0.000634. The van der Waals surface area contributed by atoms with E-state index in [1.54, 1.807) is 35.6 Å². The van der Waals surface area contributed by atoms with Crippen molar-refractivity contribution < 1.29 is 14.3 Å². The molecule has 2 rings (SSSR count). The lowest BCUT2D eigenvalue weighted by molar-refractivity contribution is -0.120. The van der Waals surface area contributed by atoms with Gasteiger partial charge in [-0.1, -0.05) is 31.2 Å². The summed E-state index contributed by atoms with van der Waals surface area (Å²) in [6.07, 6.45) is 0.669. The maximum Gasteiger partial charge on any atom is 0.338 e. The molecule has 0 fully saturated rings. The monoisotopic (exact) mass is 317 g/mol. The average Bonchev–Trinajstić information content (AvgIpc) is 3.08. The molecule has 4 nitrogen and oxygen atoms in total. The number of nitrogens with one attached hydrogen (secondary N) is 1. The van der Waals surface area contributed by atoms with Gasteiger partial charge in [0.25, 0.3) is 0 Å². The SMILES string of the molecule is CCC(=O)NCCC(OC(=O)c1ccccc1)c1cccs1. The third-order valence-electron chi connectivity index (χ3n) is 3.17. The van der Waals surface area contributed by atoms with Crippen molar-refractivity contribution in [1.82, 2.24) is 5.32 Å². The van der Waals surface area contributed by atoms with Crippen LogP contribution in [0.1, 0.15) is 41.1 Å². The molecule has 2 aromatic rings. The minimum atomic E-state index is -0.346. The van der Waals surface area contributed by atoms with Gasteiger partial charge < -0.3 is 10.1 Å². The Labute approximate surface area is 134 Å². The standard InChI is InChI=1S/C17H19NO3S/c1-2-16(19)18-11-10-14(15-9-6-12-22-15)21-17(20)13-7-4-3-5-8-13/h3-9,12,14H,2,10-11H2,1H3,(H,18,19). The number of carbonyl (C=O) groups is 2. The van der Waals surface area contributed by atoms with E-state index in [1.165, 1.54) is 0 Å². The fraction of sp³-hybridized carbons (Fsp3) is 0.294. The van der Waals surface area contributed by atoms with Crippen molar-refractivity contribution in [2.45, 2.75) is 25.9 Å². The zero-order valence-electron chi connectivity index (χ0n) is 12.5. The Morgan fingerprint density at radius 1 is 1.18 bits per heavy atom. The van der Waals surface area contributed by atoms with Gasteiger partial charge >= 0.3 is 5.97 Å². The average molecular weight is 317 g/mol. The van der Waals surface area contributed by atoms with Crippen molar-refractivity contribution in [2.24, 2.45) is 0 Å². The molecule has 1 atom stereocenters. The Bertz CT molecular complexity index is 596. The Morgan fingerprint density at radius 3 is 2.59 bits per heavy atom. The lowest BCUT2D eigenvalue weighted by atomic mass is 10.2. The molecular weight excluding hydrogens is 298 g/mol. The van der Waals surface area contributed by atoms with Crippen LogP contribution in [0.5, 0.6) is 0 Å². The van der Waals surface area contributed by atoms with Crippen LogP contribution in [0.15, 0.2) is 47.8 Å². The molecular formula is C17H19NO3S. The molecule has 1 heterocycles. The van der Waals surface area contributed by atoms with E-state index in [2.05, 4.69) is 5.32 Å². The van der Waals surface area contributed by atoms with Gasteiger partial charge in [-0.3, -0.25) is 4.79 Å². The number of esters is 1. The number of benzene rings is 1. The second-order valence-corrected chi connectivity index (χ2v) is 5.75. The number of hydrogen-bond donors (Lipinski definition) is 1. The molecule has 0 saturated carbocycles. The highest BCUT2D eigenvalue weighted by Crippen LogP contribution is 2.26. The van der Waals surface area contributed by atoms with Crippen LogP contribution in [0.2, 0.25) is 0 Å². The van der Waals surface area contributed by atoms with Crippen molar-refractivity contribution in [2.75, 3.05) is 6.54 Å². The van der Waals surface area contributed by atoms with Crippen LogP contribution in [-0.2, 0) is 9.53 Å². The summed E-state index contributed by atoms with van der Waals surface area (Å²) in [6.45, 7) is 2.29. The predicted molar refractivity (Wildman–Crippen MR) is 86.8 cm³/mol. The highest BCUT2D eigenvalue weighted by Gasteiger charge is 2.19. The third-order valence-corrected chi connectivity index (χ3v) is 4.13. The second-order valence-electron chi connectivity index (χ2n) is 4.77. The summed E-state index contributed by atoms with van der Waals surface area (Å²) in [4.78, 5) is 24.5. The number of hydrogen-bond acceptors (Lipinski definition) is 4. The fourth-order valence-electron chi connectivity index (χ4n) is 1.97. The van der Waals surface area contributed by atoms with Crippen LogP contribution >= 0.6 is 11.3 Å². The van der Waals surface area contributed by atoms with Crippen molar-refractivity contribution in [3.05, 3.63) is 58.3 Å². The van der Waals surface area contributed by atoms with Crippen LogP contribution < -0.4 is 5.32 Å². The topological polar surface area (TPSA) is 55.4 Å². The van der Waals surface area contributed by atoms with E-state index in [-0.39, 0.29) is 18.0 Å². The van der Waals surface area contributed by atoms with Crippen LogP contribution in [0.25, 0.3) is 0 Å². The Hall–Kier alpha value is -2.14. The van der Waals surface area contributed by atoms with E-state index in [0.717, 1.165) is 4.88 Å². The van der Waals surface area contributed by atoms with Gasteiger partial charge in [-0.05, 0) is 23.6 Å². The van der Waals surface area contributed by atoms with Crippen molar-refractivity contribution in [3.8, 4) is 0 Å². The molecule has 5 heteroatoms. The van der Waals surface area contributed by atoms with Gasteiger partial charge in [0, 0.05) is 24.3 Å². The maximum atomic E-state index is 12.2. The molecule has 1 unspecified atom stereocenters. The molecule has 116 valence electrons. The van der Waals surface area contributed by atoms with Gasteiger partial charge in [0.05, 0.1) is 5.56 Å². The van der Waals surface area contributed by atoms with Crippen LogP contribution in [-0.4, -0.2) is 18.4 Å². The zero-order valence-corrected chi connectivity index (χ0v) is 13.3. The van der Waals surface area contributed by atoms with Crippen LogP contribution in [0.3, 0.4) is 0 Å². The Balaban J connectivity index is 1.99. The molecule has 1 aromatic heterocycles. The lowest BCUT2D eigenvalue weighted by Gasteiger charge is -2.17. The van der Waals surface area contributed by atoms with E-state index in [4.69, 9.17) is 4.74 Å². The van der Waals surface area contributed by atoms with Crippen LogP contribution in [0, 0.1) is 0 Å². The number of ether oxygens (including phenoxy) is 1. The largest absolute Gasteiger partial charge is 0.453 e. The number of thiophene rings is 1. The molecule has 0 aliphatic carbocycles. The number of amides is 1. The lowest BCUT2D eigenvalue weighted by Crippen LogP contribution is -2.25. The molecule has 22 heavy (non-hydrogen) atoms. The Morgan fingerprint density at radius 2 is 1.95 bits per heavy atom. The normalized spacial score (nSPS) is 11.7. The van der Waals surface area contributed by atoms with Crippen LogP contribution in [0.4, 0.5) is 0 Å². The van der Waals surface area contributed by atoms with Gasteiger partial charge in [-0.15, -0.1) is 11.3 Å². The quantitative estimate of drug-likeness (QED) is 0.794. The molecule has 0 saturated heterocycles. The zero-order chi connectivity index (χ0) is 15.8. The first-order chi connectivity index (χ1) is 10.7. The first-order valence-electron chi connectivity index (χ1n) is 7.27. The molecule has 0 aliphatic heterocycles. The van der Waals surface area contributed by atoms with Gasteiger partial charge in [0.15, 0.2) is 0 Å². The highest BCUT2D eigenvalue weighted by atomic mass is 32.1. The fourth-order valence-corrected chi connectivity index (χ4v) is 2.76. The number of rotatable bonds is 7. The second kappa shape index (κ2) is 8.34. The minimum Gasteiger partial charge on any atom is -0.453 e. The summed E-state index contributed by atoms with van der Waals surface area (Å²) < 4.78 is 5.62. The van der Waals surface area contributed by atoms with E-state index >= 15 is 0 Å². The van der Waals surface area contributed by atoms with E-state index in [9.17, 15) is 9.59 Å².